The van der Waals surface area contributed by atoms with Crippen LogP contribution in [0.2, 0.25) is 0 Å². The summed E-state index contributed by atoms with van der Waals surface area (Å²) >= 11 is 0. The Labute approximate surface area is 78.4 Å². The maximum atomic E-state index is 2.24. The molecule has 0 fully saturated rings. The molecule has 0 bridgehead atoms. The zero-order valence-electron chi connectivity index (χ0n) is 9.52. The van der Waals surface area contributed by atoms with E-state index in [0.29, 0.717) is 5.92 Å². The average Bonchev–Trinajstić information content (AvgIpc) is 2.05. The van der Waals surface area contributed by atoms with Crippen molar-refractivity contribution in [1.29, 1.82) is 0 Å². The van der Waals surface area contributed by atoms with Gasteiger partial charge in [-0.15, -0.1) is 0 Å². The van der Waals surface area contributed by atoms with Crippen LogP contribution in [0.1, 0.15) is 48.0 Å². The van der Waals surface area contributed by atoms with Gasteiger partial charge in [-0.1, -0.05) is 58.4 Å². The Morgan fingerprint density at radius 3 is 2.08 bits per heavy atom. The minimum absolute atomic E-state index is 0.667. The molecular weight excluding hydrogens is 144 g/mol. The first-order valence-corrected chi connectivity index (χ1v) is 5.01. The molecule has 0 rings (SSSR count). The zero-order valence-corrected chi connectivity index (χ0v) is 9.52. The number of rotatable bonds is 3. The van der Waals surface area contributed by atoms with Crippen LogP contribution in [0.5, 0.6) is 0 Å². The molecule has 72 valence electrons. The molecule has 0 radical (unpaired) electrons. The highest BCUT2D eigenvalue weighted by Gasteiger charge is 1.83. The Kier molecular flexibility index (Phi) is 12.3. The van der Waals surface area contributed by atoms with E-state index in [1.165, 1.54) is 5.57 Å². The van der Waals surface area contributed by atoms with Crippen LogP contribution in [-0.2, 0) is 0 Å². The largest absolute Gasteiger partial charge is 0.0819 e. The predicted molar refractivity (Wildman–Crippen MR) is 59.4 cm³/mol. The van der Waals surface area contributed by atoms with Gasteiger partial charge in [-0.3, -0.25) is 0 Å². The number of hydrogen-bond donors (Lipinski definition) is 0. The summed E-state index contributed by atoms with van der Waals surface area (Å²) in [6, 6.07) is 0. The lowest BCUT2D eigenvalue weighted by molar-refractivity contribution is 0.830. The van der Waals surface area contributed by atoms with Crippen molar-refractivity contribution in [2.75, 3.05) is 0 Å². The molecule has 0 unspecified atom stereocenters. The Morgan fingerprint density at radius 2 is 1.75 bits per heavy atom. The van der Waals surface area contributed by atoms with E-state index in [1.807, 2.05) is 13.8 Å². The Bertz CT molecular complexity index is 127. The van der Waals surface area contributed by atoms with Gasteiger partial charge in [0.25, 0.3) is 0 Å². The molecule has 0 nitrogen and oxygen atoms in total. The smallest absolute Gasteiger partial charge is 0.0287 e. The van der Waals surface area contributed by atoms with Gasteiger partial charge in [0.05, 0.1) is 0 Å². The lowest BCUT2D eigenvalue weighted by Gasteiger charge is -1.93. The second-order valence-corrected chi connectivity index (χ2v) is 2.96. The van der Waals surface area contributed by atoms with Crippen molar-refractivity contribution in [2.45, 2.75) is 48.0 Å². The van der Waals surface area contributed by atoms with Crippen LogP contribution in [0.15, 0.2) is 23.8 Å². The van der Waals surface area contributed by atoms with E-state index in [0.717, 1.165) is 6.42 Å². The predicted octanol–water partition coefficient (Wildman–Crippen LogP) is 4.58. The van der Waals surface area contributed by atoms with Crippen LogP contribution in [-0.4, -0.2) is 0 Å². The number of hydrogen-bond acceptors (Lipinski definition) is 0. The second-order valence-electron chi connectivity index (χ2n) is 2.96. The highest BCUT2D eigenvalue weighted by atomic mass is 13.9. The highest BCUT2D eigenvalue weighted by Crippen LogP contribution is 2.01. The summed E-state index contributed by atoms with van der Waals surface area (Å²) in [6.45, 7) is 12.7. The summed E-state index contributed by atoms with van der Waals surface area (Å²) in [4.78, 5) is 0. The van der Waals surface area contributed by atoms with E-state index in [2.05, 4.69) is 45.9 Å². The second kappa shape index (κ2) is 10.5. The van der Waals surface area contributed by atoms with Crippen LogP contribution in [0, 0.1) is 5.92 Å². The Balaban J connectivity index is 0. The van der Waals surface area contributed by atoms with E-state index in [4.69, 9.17) is 0 Å². The van der Waals surface area contributed by atoms with Gasteiger partial charge in [0, 0.05) is 0 Å². The first kappa shape index (κ1) is 14.0. The van der Waals surface area contributed by atoms with Gasteiger partial charge in [0.1, 0.15) is 0 Å². The maximum Gasteiger partial charge on any atom is -0.0287 e. The van der Waals surface area contributed by atoms with Gasteiger partial charge in [0.2, 0.25) is 0 Å². The summed E-state index contributed by atoms with van der Waals surface area (Å²) in [5.41, 5.74) is 1.37. The summed E-state index contributed by atoms with van der Waals surface area (Å²) in [5, 5.41) is 0. The van der Waals surface area contributed by atoms with Crippen LogP contribution in [0.3, 0.4) is 0 Å². The van der Waals surface area contributed by atoms with Crippen molar-refractivity contribution in [1.82, 2.24) is 0 Å². The lowest BCUT2D eigenvalue weighted by atomic mass is 10.1. The van der Waals surface area contributed by atoms with E-state index in [-0.39, 0.29) is 0 Å². The monoisotopic (exact) mass is 168 g/mol. The normalized spacial score (nSPS) is 11.8. The quantitative estimate of drug-likeness (QED) is 0.541. The molecule has 0 aliphatic heterocycles. The van der Waals surface area contributed by atoms with Gasteiger partial charge < -0.3 is 0 Å². The van der Waals surface area contributed by atoms with Crippen LogP contribution < -0.4 is 0 Å². The van der Waals surface area contributed by atoms with Crippen LogP contribution in [0.25, 0.3) is 0 Å². The molecule has 0 amide bonds. The van der Waals surface area contributed by atoms with Crippen molar-refractivity contribution >= 4 is 0 Å². The average molecular weight is 168 g/mol. The molecule has 12 heavy (non-hydrogen) atoms. The fraction of sp³-hybridized carbons (Fsp3) is 0.667. The minimum Gasteiger partial charge on any atom is -0.0819 e. The van der Waals surface area contributed by atoms with E-state index < -0.39 is 0 Å². The summed E-state index contributed by atoms with van der Waals surface area (Å²) < 4.78 is 0. The molecule has 0 spiro atoms. The van der Waals surface area contributed by atoms with Gasteiger partial charge >= 0.3 is 0 Å². The van der Waals surface area contributed by atoms with Gasteiger partial charge in [0.15, 0.2) is 0 Å². The first-order valence-electron chi connectivity index (χ1n) is 5.01. The van der Waals surface area contributed by atoms with Crippen molar-refractivity contribution < 1.29 is 0 Å². The molecule has 0 atom stereocenters. The molecule has 0 aromatic carbocycles. The standard InChI is InChI=1S/C10H18.C2H6/c1-5-6-10(4)8-7-9(2)3;1-2/h6-9H,5H2,1-4H3;1-2H3/b8-7-,10-6-;. The third-order valence-electron chi connectivity index (χ3n) is 1.27. The van der Waals surface area contributed by atoms with E-state index in [9.17, 15) is 0 Å². The van der Waals surface area contributed by atoms with Gasteiger partial charge in [-0.2, -0.15) is 0 Å². The number of allylic oxidation sites excluding steroid dienone is 4. The molecule has 0 saturated carbocycles. The third kappa shape index (κ3) is 12.2. The molecule has 0 heteroatoms. The molecule has 0 aromatic rings. The molecule has 0 N–H and O–H groups in total. The zero-order chi connectivity index (χ0) is 9.98. The molecule has 0 aromatic heterocycles. The van der Waals surface area contributed by atoms with E-state index >= 15 is 0 Å². The lowest BCUT2D eigenvalue weighted by Crippen LogP contribution is -1.77. The molecule has 0 aliphatic carbocycles. The van der Waals surface area contributed by atoms with Crippen molar-refractivity contribution in [3.63, 3.8) is 0 Å². The molecule has 0 aliphatic rings. The first-order chi connectivity index (χ1) is 5.66. The van der Waals surface area contributed by atoms with Crippen molar-refractivity contribution in [2.24, 2.45) is 5.92 Å². The van der Waals surface area contributed by atoms with Crippen molar-refractivity contribution in [3.8, 4) is 0 Å². The fourth-order valence-corrected chi connectivity index (χ4v) is 0.734. The molecule has 0 saturated heterocycles. The summed E-state index contributed by atoms with van der Waals surface area (Å²) in [6.07, 6.45) is 7.78. The molecule has 0 heterocycles. The van der Waals surface area contributed by atoms with Crippen molar-refractivity contribution in [3.05, 3.63) is 23.8 Å². The van der Waals surface area contributed by atoms with Gasteiger partial charge in [-0.25, -0.2) is 0 Å². The Morgan fingerprint density at radius 1 is 1.25 bits per heavy atom. The van der Waals surface area contributed by atoms with Crippen LogP contribution >= 0.6 is 0 Å². The summed E-state index contributed by atoms with van der Waals surface area (Å²) in [7, 11) is 0. The minimum atomic E-state index is 0.667. The van der Waals surface area contributed by atoms with E-state index in [1.54, 1.807) is 0 Å². The highest BCUT2D eigenvalue weighted by molar-refractivity contribution is 5.15. The molecular formula is C12H24. The maximum absolute atomic E-state index is 2.24. The fourth-order valence-electron chi connectivity index (χ4n) is 0.734. The van der Waals surface area contributed by atoms with Crippen LogP contribution in [0.4, 0.5) is 0 Å². The van der Waals surface area contributed by atoms with Gasteiger partial charge in [-0.05, 0) is 19.3 Å². The third-order valence-corrected chi connectivity index (χ3v) is 1.27. The SMILES string of the molecule is CC.CC/C=C(C)\C=C/C(C)C. The summed E-state index contributed by atoms with van der Waals surface area (Å²) in [5.74, 6) is 0.667. The Hall–Kier alpha value is -0.520. The topological polar surface area (TPSA) is 0 Å².